The van der Waals surface area contributed by atoms with Crippen LogP contribution >= 0.6 is 0 Å². The Morgan fingerprint density at radius 2 is 1.65 bits per heavy atom. The first-order chi connectivity index (χ1) is 17.7. The zero-order valence-electron chi connectivity index (χ0n) is 20.1. The van der Waals surface area contributed by atoms with Crippen molar-refractivity contribution in [2.24, 2.45) is 5.92 Å². The molecule has 1 N–H and O–H groups in total. The molecule has 192 valence electrons. The summed E-state index contributed by atoms with van der Waals surface area (Å²) in [5.41, 5.74) is 2.69. The van der Waals surface area contributed by atoms with Gasteiger partial charge >= 0.3 is 12.5 Å². The van der Waals surface area contributed by atoms with Crippen molar-refractivity contribution in [3.8, 4) is 22.8 Å². The summed E-state index contributed by atoms with van der Waals surface area (Å²) in [6, 6.07) is 21.8. The van der Waals surface area contributed by atoms with Crippen molar-refractivity contribution in [2.45, 2.75) is 32.7 Å². The molecule has 3 aromatic carbocycles. The molecule has 1 amide bonds. The van der Waals surface area contributed by atoms with E-state index in [9.17, 15) is 18.0 Å². The van der Waals surface area contributed by atoms with E-state index in [0.717, 1.165) is 5.56 Å². The van der Waals surface area contributed by atoms with Gasteiger partial charge in [-0.15, -0.1) is 18.3 Å². The minimum atomic E-state index is -4.75. The van der Waals surface area contributed by atoms with Crippen LogP contribution in [-0.2, 0) is 4.74 Å². The first-order valence-electron chi connectivity index (χ1n) is 11.6. The third kappa shape index (κ3) is 7.33. The maximum atomic E-state index is 12.6. The molecule has 1 heterocycles. The molecule has 0 bridgehead atoms. The number of alkyl halides is 3. The first kappa shape index (κ1) is 25.7. The molecule has 0 saturated heterocycles. The highest BCUT2D eigenvalue weighted by molar-refractivity contribution is 5.85. The van der Waals surface area contributed by atoms with E-state index in [1.54, 1.807) is 24.3 Å². The summed E-state index contributed by atoms with van der Waals surface area (Å²) in [7, 11) is 0. The zero-order valence-corrected chi connectivity index (χ0v) is 20.1. The van der Waals surface area contributed by atoms with Crippen molar-refractivity contribution in [3.63, 3.8) is 0 Å². The molecule has 1 aromatic heterocycles. The van der Waals surface area contributed by atoms with Crippen molar-refractivity contribution in [1.29, 1.82) is 0 Å². The van der Waals surface area contributed by atoms with Crippen LogP contribution in [0.1, 0.15) is 31.9 Å². The van der Waals surface area contributed by atoms with Crippen LogP contribution in [0, 0.1) is 5.92 Å². The fraction of sp³-hybridized carbons (Fsp3) is 0.222. The Kier molecular flexibility index (Phi) is 7.76. The second-order valence-electron chi connectivity index (χ2n) is 8.69. The second-order valence-corrected chi connectivity index (χ2v) is 8.69. The number of hydrogen-bond acceptors (Lipinski definition) is 5. The lowest BCUT2D eigenvalue weighted by atomic mass is 9.99. The first-order valence-corrected chi connectivity index (χ1v) is 11.6. The Bertz CT molecular complexity index is 1310. The van der Waals surface area contributed by atoms with Gasteiger partial charge in [-0.1, -0.05) is 44.2 Å². The molecule has 0 spiro atoms. The van der Waals surface area contributed by atoms with Crippen LogP contribution in [0.4, 0.5) is 23.7 Å². The highest BCUT2D eigenvalue weighted by Gasteiger charge is 2.31. The number of anilines is 1. The van der Waals surface area contributed by atoms with Gasteiger partial charge in [0.25, 0.3) is 0 Å². The molecule has 4 rings (SSSR count). The van der Waals surface area contributed by atoms with E-state index in [-0.39, 0.29) is 11.9 Å². The van der Waals surface area contributed by atoms with Gasteiger partial charge < -0.3 is 9.47 Å². The lowest BCUT2D eigenvalue weighted by molar-refractivity contribution is -0.274. The monoisotopic (exact) mass is 510 g/mol. The molecule has 0 aliphatic carbocycles. The van der Waals surface area contributed by atoms with E-state index < -0.39 is 12.5 Å². The normalized spacial score (nSPS) is 12.3. The number of hydrogen-bond donors (Lipinski definition) is 1. The number of carbonyl (C=O) groups is 1. The van der Waals surface area contributed by atoms with Crippen LogP contribution in [0.25, 0.3) is 17.1 Å². The van der Waals surface area contributed by atoms with Crippen molar-refractivity contribution >= 4 is 11.8 Å². The van der Waals surface area contributed by atoms with E-state index in [1.165, 1.54) is 35.3 Å². The molecule has 0 saturated carbocycles. The third-order valence-electron chi connectivity index (χ3n) is 5.32. The lowest BCUT2D eigenvalue weighted by Crippen LogP contribution is -2.18. The lowest BCUT2D eigenvalue weighted by Gasteiger charge is -2.20. The van der Waals surface area contributed by atoms with Gasteiger partial charge in [0.1, 0.15) is 18.2 Å². The predicted octanol–water partition coefficient (Wildman–Crippen LogP) is 7.17. The maximum Gasteiger partial charge on any atom is 0.573 e. The van der Waals surface area contributed by atoms with Gasteiger partial charge in [0.15, 0.2) is 5.82 Å². The van der Waals surface area contributed by atoms with Gasteiger partial charge in [-0.25, -0.2) is 14.5 Å². The van der Waals surface area contributed by atoms with Gasteiger partial charge in [-0.2, -0.15) is 0 Å². The van der Waals surface area contributed by atoms with E-state index >= 15 is 0 Å². The van der Waals surface area contributed by atoms with Gasteiger partial charge in [-0.05, 0) is 66.4 Å². The Balaban J connectivity index is 1.39. The van der Waals surface area contributed by atoms with Crippen LogP contribution < -0.4 is 10.1 Å². The Morgan fingerprint density at radius 3 is 2.27 bits per heavy atom. The number of ether oxygens (including phenoxy) is 2. The van der Waals surface area contributed by atoms with Crippen molar-refractivity contribution in [1.82, 2.24) is 14.8 Å². The highest BCUT2D eigenvalue weighted by atomic mass is 19.4. The molecule has 1 unspecified atom stereocenters. The number of amides is 1. The minimum Gasteiger partial charge on any atom is -0.441 e. The van der Waals surface area contributed by atoms with Gasteiger partial charge in [-0.3, -0.25) is 5.32 Å². The SMILES string of the molecule is CC(C)CC(OC(=O)Nc1ccc(-c2ncn(-c3ccc(OC(F)(F)F)cc3)n2)cc1)c1ccccc1. The second kappa shape index (κ2) is 11.2. The molecule has 0 radical (unpaired) electrons. The average Bonchev–Trinajstić information content (AvgIpc) is 3.34. The third-order valence-corrected chi connectivity index (χ3v) is 5.32. The average molecular weight is 511 g/mol. The molecule has 37 heavy (non-hydrogen) atoms. The number of carbonyl (C=O) groups excluding carboxylic acids is 1. The largest absolute Gasteiger partial charge is 0.573 e. The highest BCUT2D eigenvalue weighted by Crippen LogP contribution is 2.27. The van der Waals surface area contributed by atoms with E-state index in [2.05, 4.69) is 34.0 Å². The fourth-order valence-electron chi connectivity index (χ4n) is 3.65. The zero-order chi connectivity index (χ0) is 26.4. The molecule has 4 aromatic rings. The summed E-state index contributed by atoms with van der Waals surface area (Å²) in [5, 5.41) is 7.12. The van der Waals surface area contributed by atoms with Crippen LogP contribution in [-0.4, -0.2) is 27.2 Å². The Hall–Kier alpha value is -4.34. The summed E-state index contributed by atoms with van der Waals surface area (Å²) in [4.78, 5) is 16.8. The molecule has 0 aliphatic heterocycles. The van der Waals surface area contributed by atoms with E-state index in [1.807, 2.05) is 30.3 Å². The topological polar surface area (TPSA) is 78.3 Å². The Labute approximate surface area is 211 Å². The summed E-state index contributed by atoms with van der Waals surface area (Å²) in [6.45, 7) is 4.14. The van der Waals surface area contributed by atoms with Crippen LogP contribution in [0.5, 0.6) is 5.75 Å². The number of halogens is 3. The van der Waals surface area contributed by atoms with Gasteiger partial charge in [0.2, 0.25) is 0 Å². The van der Waals surface area contributed by atoms with Crippen molar-refractivity contribution in [2.75, 3.05) is 5.32 Å². The molecule has 0 fully saturated rings. The molecule has 0 aliphatic rings. The standard InChI is InChI=1S/C27H25F3N4O3/c1-18(2)16-24(19-6-4-3-5-7-19)36-26(35)32-21-10-8-20(9-11-21)25-31-17-34(33-25)22-12-14-23(15-13-22)37-27(28,29)30/h3-15,17-18,24H,16H2,1-2H3,(H,32,35). The van der Waals surface area contributed by atoms with Gasteiger partial charge in [0, 0.05) is 11.3 Å². The van der Waals surface area contributed by atoms with E-state index in [0.29, 0.717) is 35.1 Å². The predicted molar refractivity (Wildman–Crippen MR) is 132 cm³/mol. The van der Waals surface area contributed by atoms with E-state index in [4.69, 9.17) is 4.74 Å². The smallest absolute Gasteiger partial charge is 0.441 e. The molecule has 7 nitrogen and oxygen atoms in total. The van der Waals surface area contributed by atoms with Crippen LogP contribution in [0.15, 0.2) is 85.2 Å². The maximum absolute atomic E-state index is 12.6. The minimum absolute atomic E-state index is 0.322. The number of nitrogens with zero attached hydrogens (tertiary/aromatic N) is 3. The van der Waals surface area contributed by atoms with Crippen molar-refractivity contribution in [3.05, 3.63) is 90.8 Å². The number of benzene rings is 3. The van der Waals surface area contributed by atoms with Gasteiger partial charge in [0.05, 0.1) is 5.69 Å². The van der Waals surface area contributed by atoms with Crippen LogP contribution in [0.3, 0.4) is 0 Å². The summed E-state index contributed by atoms with van der Waals surface area (Å²) >= 11 is 0. The molecule has 10 heteroatoms. The quantitative estimate of drug-likeness (QED) is 0.272. The molecular formula is C27H25F3N4O3. The fourth-order valence-corrected chi connectivity index (χ4v) is 3.65. The van der Waals surface area contributed by atoms with Crippen molar-refractivity contribution < 1.29 is 27.4 Å². The molecular weight excluding hydrogens is 485 g/mol. The number of nitrogens with one attached hydrogen (secondary N) is 1. The van der Waals surface area contributed by atoms with Crippen LogP contribution in [0.2, 0.25) is 0 Å². The molecule has 1 atom stereocenters. The summed E-state index contributed by atoms with van der Waals surface area (Å²) in [6.07, 6.45) is -3.51. The summed E-state index contributed by atoms with van der Waals surface area (Å²) in [5.74, 6) is 0.430. The Morgan fingerprint density at radius 1 is 0.973 bits per heavy atom. The number of aromatic nitrogens is 3. The number of rotatable bonds is 8. The summed E-state index contributed by atoms with van der Waals surface area (Å²) < 4.78 is 48.1.